The zero-order valence-electron chi connectivity index (χ0n) is 50.3. The van der Waals surface area contributed by atoms with Crippen molar-refractivity contribution >= 4 is 0 Å². The third kappa shape index (κ3) is 16.0. The third-order valence-electron chi connectivity index (χ3n) is 14.2. The zero-order valence-corrected chi connectivity index (χ0v) is 50.3. The number of rotatable bonds is 2. The van der Waals surface area contributed by atoms with Crippen LogP contribution in [0.3, 0.4) is 0 Å². The predicted octanol–water partition coefficient (Wildman–Crippen LogP) is 17.5. The fourth-order valence-corrected chi connectivity index (χ4v) is 9.55. The maximum absolute atomic E-state index is 8.09. The van der Waals surface area contributed by atoms with Gasteiger partial charge in [0.05, 0.1) is 55.6 Å². The molecule has 0 radical (unpaired) electrons. The summed E-state index contributed by atoms with van der Waals surface area (Å²) in [7, 11) is 0. The van der Waals surface area contributed by atoms with Crippen LogP contribution in [-0.2, 0) is 0 Å². The Hall–Kier alpha value is -14.0. The molecule has 0 aromatic heterocycles. The molecular weight excluding hydrogens is 1120 g/mol. The highest BCUT2D eigenvalue weighted by atomic mass is 16.5. The SMILES string of the molecule is C(#Cc1c(C#Cc2ccccc2)c(C#Cc2ccccc2)c(Oc2c(C#Cc3ccccc3)c(C#Cc3ccccc3)c(C#Cc3ccccc3)c(C#Cc3ccccc3)c2C#Cc2ccccc2)c(C#Cc2ccccc2)c1C#Cc1ccccc1)c1ccccc1. The number of benzene rings is 12. The lowest BCUT2D eigenvalue weighted by Crippen LogP contribution is -2.08. The second kappa shape index (κ2) is 30.6. The van der Waals surface area contributed by atoms with Crippen molar-refractivity contribution in [3.05, 3.63) is 415 Å². The molecule has 12 aromatic carbocycles. The van der Waals surface area contributed by atoms with E-state index in [9.17, 15) is 0 Å². The van der Waals surface area contributed by atoms with Crippen molar-refractivity contribution in [2.24, 2.45) is 0 Å². The molecule has 93 heavy (non-hydrogen) atoms. The van der Waals surface area contributed by atoms with E-state index in [1.54, 1.807) is 0 Å². The molecule has 0 atom stereocenters. The lowest BCUT2D eigenvalue weighted by molar-refractivity contribution is 0.476. The summed E-state index contributed by atoms with van der Waals surface area (Å²) < 4.78 is 8.09. The van der Waals surface area contributed by atoms with Crippen molar-refractivity contribution in [2.75, 3.05) is 0 Å². The lowest BCUT2D eigenvalue weighted by Gasteiger charge is -2.20. The van der Waals surface area contributed by atoms with Crippen LogP contribution in [0.4, 0.5) is 0 Å². The van der Waals surface area contributed by atoms with E-state index in [4.69, 9.17) is 4.74 Å². The highest BCUT2D eigenvalue weighted by Gasteiger charge is 2.28. The van der Waals surface area contributed by atoms with Crippen LogP contribution in [0.15, 0.2) is 303 Å². The molecule has 0 aliphatic heterocycles. The van der Waals surface area contributed by atoms with Gasteiger partial charge < -0.3 is 4.74 Å². The molecule has 1 heteroatoms. The van der Waals surface area contributed by atoms with E-state index in [0.29, 0.717) is 55.6 Å². The van der Waals surface area contributed by atoms with Crippen molar-refractivity contribution in [3.8, 4) is 130 Å². The Morgan fingerprint density at radius 1 is 0.118 bits per heavy atom. The van der Waals surface area contributed by atoms with Gasteiger partial charge in [0.1, 0.15) is 0 Å². The smallest absolute Gasteiger partial charge is 0.161 e. The molecule has 0 fully saturated rings. The maximum Gasteiger partial charge on any atom is 0.161 e. The molecule has 12 aromatic rings. The first-order valence-corrected chi connectivity index (χ1v) is 30.0. The topological polar surface area (TPSA) is 9.23 Å². The Morgan fingerprint density at radius 2 is 0.226 bits per heavy atom. The summed E-state index contributed by atoms with van der Waals surface area (Å²) in [5.41, 5.74) is 11.9. The molecular formula is C92H50O. The number of hydrogen-bond acceptors (Lipinski definition) is 1. The van der Waals surface area contributed by atoms with Gasteiger partial charge >= 0.3 is 0 Å². The van der Waals surface area contributed by atoms with E-state index in [-0.39, 0.29) is 11.5 Å². The Labute approximate surface area is 545 Å². The van der Waals surface area contributed by atoms with E-state index in [1.807, 2.05) is 303 Å². The zero-order chi connectivity index (χ0) is 62.9. The average Bonchev–Trinajstić information content (AvgIpc) is 0.947. The minimum atomic E-state index is 0.222. The summed E-state index contributed by atoms with van der Waals surface area (Å²) in [4.78, 5) is 0. The maximum atomic E-state index is 8.09. The van der Waals surface area contributed by atoms with Gasteiger partial charge in [0.2, 0.25) is 0 Å². The van der Waals surface area contributed by atoms with E-state index in [1.165, 1.54) is 0 Å². The first kappa shape index (κ1) is 59.4. The van der Waals surface area contributed by atoms with Crippen LogP contribution in [0.1, 0.15) is 111 Å². The van der Waals surface area contributed by atoms with Crippen molar-refractivity contribution in [3.63, 3.8) is 0 Å². The number of hydrogen-bond donors (Lipinski definition) is 0. The normalized spacial score (nSPS) is 9.51. The van der Waals surface area contributed by atoms with E-state index in [0.717, 1.165) is 55.6 Å². The summed E-state index contributed by atoms with van der Waals surface area (Å²) in [6.07, 6.45) is 0. The summed E-state index contributed by atoms with van der Waals surface area (Å²) in [6.45, 7) is 0. The molecule has 12 rings (SSSR count). The van der Waals surface area contributed by atoms with Crippen LogP contribution in [0.2, 0.25) is 0 Å². The summed E-state index contributed by atoms with van der Waals surface area (Å²) >= 11 is 0. The fourth-order valence-electron chi connectivity index (χ4n) is 9.55. The molecule has 424 valence electrons. The Balaban J connectivity index is 1.33. The molecule has 0 heterocycles. The van der Waals surface area contributed by atoms with Crippen LogP contribution < -0.4 is 4.74 Å². The second-order valence-corrected chi connectivity index (χ2v) is 20.7. The van der Waals surface area contributed by atoms with Crippen molar-refractivity contribution < 1.29 is 4.74 Å². The van der Waals surface area contributed by atoms with Crippen molar-refractivity contribution in [1.29, 1.82) is 0 Å². The molecule has 0 bridgehead atoms. The average molecular weight is 1170 g/mol. The number of ether oxygens (including phenoxy) is 1. The Morgan fingerprint density at radius 3 is 0.355 bits per heavy atom. The highest BCUT2D eigenvalue weighted by Crippen LogP contribution is 2.42. The van der Waals surface area contributed by atoms with Crippen molar-refractivity contribution in [1.82, 2.24) is 0 Å². The van der Waals surface area contributed by atoms with Gasteiger partial charge in [-0.3, -0.25) is 0 Å². The molecule has 0 amide bonds. The minimum Gasteiger partial charge on any atom is -0.452 e. The van der Waals surface area contributed by atoms with Gasteiger partial charge in [-0.05, 0) is 121 Å². The molecule has 0 N–H and O–H groups in total. The van der Waals surface area contributed by atoms with Gasteiger partial charge in [0, 0.05) is 55.6 Å². The molecule has 0 unspecified atom stereocenters. The van der Waals surface area contributed by atoms with Gasteiger partial charge in [-0.25, -0.2) is 0 Å². The predicted molar refractivity (Wildman–Crippen MR) is 377 cm³/mol. The molecule has 1 nitrogen and oxygen atoms in total. The minimum absolute atomic E-state index is 0.222. The quantitative estimate of drug-likeness (QED) is 0.157. The second-order valence-electron chi connectivity index (χ2n) is 20.7. The highest BCUT2D eigenvalue weighted by molar-refractivity contribution is 5.82. The van der Waals surface area contributed by atoms with Gasteiger partial charge in [-0.15, -0.1) is 0 Å². The largest absolute Gasteiger partial charge is 0.452 e. The van der Waals surface area contributed by atoms with Crippen LogP contribution >= 0.6 is 0 Å². The van der Waals surface area contributed by atoms with Crippen molar-refractivity contribution in [2.45, 2.75) is 0 Å². The van der Waals surface area contributed by atoms with E-state index < -0.39 is 0 Å². The molecule has 0 saturated carbocycles. The van der Waals surface area contributed by atoms with Crippen LogP contribution in [0, 0.1) is 118 Å². The first-order valence-electron chi connectivity index (χ1n) is 30.0. The summed E-state index contributed by atoms with van der Waals surface area (Å²) in [5, 5.41) is 0. The monoisotopic (exact) mass is 1170 g/mol. The van der Waals surface area contributed by atoms with Gasteiger partial charge in [-0.2, -0.15) is 0 Å². The Bertz CT molecular complexity index is 4740. The third-order valence-corrected chi connectivity index (χ3v) is 14.2. The Kier molecular flexibility index (Phi) is 19.5. The van der Waals surface area contributed by atoms with Crippen LogP contribution in [0.25, 0.3) is 0 Å². The van der Waals surface area contributed by atoms with Crippen LogP contribution in [0.5, 0.6) is 11.5 Å². The van der Waals surface area contributed by atoms with Gasteiger partial charge in [0.25, 0.3) is 0 Å². The summed E-state index contributed by atoms with van der Waals surface area (Å²) in [5.74, 6) is 71.9. The standard InChI is InChI=1S/C92H50O/c1-11-31-71(32-12-1)51-61-81-83(63-53-73-35-15-3-16-36-73)87(67-57-77-43-23-7-24-44-77)91(88(68-58-78-45-25-8-26-46-78)84(81)64-54-74-37-17-4-18-38-74)93-92-89(69-59-79-47-27-9-28-48-79)85(65-55-75-39-19-5-20-40-75)82(62-52-72-33-13-2-14-34-72)86(66-56-76-41-21-6-22-42-76)90(92)70-60-80-49-29-10-30-50-80/h1-50H. The molecule has 0 aliphatic rings. The van der Waals surface area contributed by atoms with E-state index >= 15 is 0 Å². The summed E-state index contributed by atoms with van der Waals surface area (Å²) in [6, 6.07) is 98.3. The van der Waals surface area contributed by atoms with Gasteiger partial charge in [0.15, 0.2) is 11.5 Å². The lowest BCUT2D eigenvalue weighted by atomic mass is 9.88. The van der Waals surface area contributed by atoms with Gasteiger partial charge in [-0.1, -0.05) is 300 Å². The molecule has 0 saturated heterocycles. The molecule has 0 spiro atoms. The van der Waals surface area contributed by atoms with E-state index in [2.05, 4.69) is 118 Å². The van der Waals surface area contributed by atoms with Crippen LogP contribution in [-0.4, -0.2) is 0 Å². The fraction of sp³-hybridized carbons (Fsp3) is 0. The first-order chi connectivity index (χ1) is 46.1. The molecule has 0 aliphatic carbocycles.